The molecule has 0 unspecified atom stereocenters. The number of hydrogen-bond acceptors (Lipinski definition) is 4. The van der Waals surface area contributed by atoms with Crippen molar-refractivity contribution >= 4 is 51.3 Å². The maximum Gasteiger partial charge on any atom is 0.275 e. The fourth-order valence-corrected chi connectivity index (χ4v) is 3.02. The Bertz CT molecular complexity index is 618. The van der Waals surface area contributed by atoms with Crippen LogP contribution in [0.2, 0.25) is 0 Å². The third-order valence-corrected chi connectivity index (χ3v) is 4.24. The van der Waals surface area contributed by atoms with Crippen molar-refractivity contribution in [3.8, 4) is 0 Å². The molecule has 21 heavy (non-hydrogen) atoms. The van der Waals surface area contributed by atoms with Gasteiger partial charge >= 0.3 is 0 Å². The molecule has 4 nitrogen and oxygen atoms in total. The molecule has 114 valence electrons. The topological polar surface area (TPSA) is 68.0 Å². The minimum absolute atomic E-state index is 0. The molecule has 2 rings (SSSR count). The van der Waals surface area contributed by atoms with Crippen LogP contribution in [0.25, 0.3) is 0 Å². The number of aryl methyl sites for hydroxylation is 1. The molecule has 0 atom stereocenters. The van der Waals surface area contributed by atoms with Crippen LogP contribution in [-0.4, -0.2) is 17.4 Å². The van der Waals surface area contributed by atoms with Gasteiger partial charge in [0.25, 0.3) is 5.91 Å². The summed E-state index contributed by atoms with van der Waals surface area (Å²) < 4.78 is 1.01. The van der Waals surface area contributed by atoms with E-state index in [-0.39, 0.29) is 18.3 Å². The lowest BCUT2D eigenvalue weighted by atomic mass is 10.1. The average molecular weight is 391 g/mol. The Hall–Kier alpha value is -0.950. The zero-order valence-corrected chi connectivity index (χ0v) is 14.8. The number of halogens is 2. The van der Waals surface area contributed by atoms with Crippen LogP contribution >= 0.6 is 39.7 Å². The Balaban J connectivity index is 0.00000220. The van der Waals surface area contributed by atoms with Crippen molar-refractivity contribution in [2.75, 3.05) is 11.9 Å². The highest BCUT2D eigenvalue weighted by Gasteiger charge is 2.12. The van der Waals surface area contributed by atoms with Crippen LogP contribution in [0.15, 0.2) is 28.1 Å². The van der Waals surface area contributed by atoms with E-state index < -0.39 is 0 Å². The number of benzene rings is 1. The first-order valence-corrected chi connectivity index (χ1v) is 8.05. The minimum Gasteiger partial charge on any atom is -0.330 e. The molecular weight excluding hydrogens is 374 g/mol. The molecule has 0 saturated carbocycles. The predicted octanol–water partition coefficient (Wildman–Crippen LogP) is 3.64. The number of rotatable bonds is 5. The van der Waals surface area contributed by atoms with E-state index in [1.807, 2.05) is 18.2 Å². The maximum atomic E-state index is 12.2. The predicted molar refractivity (Wildman–Crippen MR) is 93.6 cm³/mol. The van der Waals surface area contributed by atoms with Crippen LogP contribution in [0.1, 0.15) is 28.0 Å². The van der Waals surface area contributed by atoms with E-state index in [0.29, 0.717) is 18.7 Å². The highest BCUT2D eigenvalue weighted by Crippen LogP contribution is 2.22. The Morgan fingerprint density at radius 2 is 2.24 bits per heavy atom. The van der Waals surface area contributed by atoms with Gasteiger partial charge in [-0.25, -0.2) is 4.98 Å². The molecule has 1 aromatic heterocycles. The number of nitrogens with two attached hydrogens (primary N) is 1. The van der Waals surface area contributed by atoms with E-state index in [1.165, 1.54) is 11.3 Å². The summed E-state index contributed by atoms with van der Waals surface area (Å²) in [5.41, 5.74) is 7.85. The number of nitrogens with zero attached hydrogens (tertiary/aromatic N) is 1. The lowest BCUT2D eigenvalue weighted by Crippen LogP contribution is -2.14. The Labute approximate surface area is 142 Å². The first kappa shape index (κ1) is 18.1. The molecule has 3 N–H and O–H groups in total. The van der Waals surface area contributed by atoms with Crippen molar-refractivity contribution in [1.82, 2.24) is 4.98 Å². The molecule has 0 saturated heterocycles. The number of carbonyl (C=O) groups excluding carboxylic acids is 1. The van der Waals surface area contributed by atoms with Gasteiger partial charge in [-0.15, -0.1) is 23.7 Å². The number of amides is 1. The number of thiazole rings is 1. The molecular formula is C14H17BrClN3OS. The molecule has 0 aliphatic rings. The molecule has 1 aromatic carbocycles. The van der Waals surface area contributed by atoms with Gasteiger partial charge in [-0.3, -0.25) is 4.79 Å². The van der Waals surface area contributed by atoms with E-state index in [9.17, 15) is 4.79 Å². The second kappa shape index (κ2) is 8.48. The van der Waals surface area contributed by atoms with Gasteiger partial charge in [0.1, 0.15) is 5.69 Å². The highest BCUT2D eigenvalue weighted by molar-refractivity contribution is 9.10. The molecule has 0 bridgehead atoms. The summed E-state index contributed by atoms with van der Waals surface area (Å²) in [7, 11) is 0. The normalized spacial score (nSPS) is 10.0. The van der Waals surface area contributed by atoms with E-state index in [1.54, 1.807) is 5.38 Å². The van der Waals surface area contributed by atoms with Crippen LogP contribution in [-0.2, 0) is 12.8 Å². The standard InChI is InChI=1S/C14H16BrN3OS.ClH/c1-2-9-7-10(15)3-4-11(9)18-14(19)12-8-20-13(17-12)5-6-16;/h3-4,7-8H,2,5-6,16H2,1H3,(H,18,19);1H. The van der Waals surface area contributed by atoms with Gasteiger partial charge < -0.3 is 11.1 Å². The summed E-state index contributed by atoms with van der Waals surface area (Å²) >= 11 is 4.90. The molecule has 0 spiro atoms. The lowest BCUT2D eigenvalue weighted by molar-refractivity contribution is 0.102. The van der Waals surface area contributed by atoms with Crippen molar-refractivity contribution < 1.29 is 4.79 Å². The summed E-state index contributed by atoms with van der Waals surface area (Å²) in [6, 6.07) is 5.82. The van der Waals surface area contributed by atoms with E-state index in [0.717, 1.165) is 27.2 Å². The van der Waals surface area contributed by atoms with Crippen LogP contribution < -0.4 is 11.1 Å². The maximum absolute atomic E-state index is 12.2. The number of nitrogens with one attached hydrogen (secondary N) is 1. The summed E-state index contributed by atoms with van der Waals surface area (Å²) in [4.78, 5) is 16.5. The first-order valence-electron chi connectivity index (χ1n) is 6.38. The third kappa shape index (κ3) is 4.78. The minimum atomic E-state index is -0.179. The van der Waals surface area contributed by atoms with Crippen LogP contribution in [0.4, 0.5) is 5.69 Å². The summed E-state index contributed by atoms with van der Waals surface area (Å²) in [6.45, 7) is 2.60. The molecule has 0 radical (unpaired) electrons. The van der Waals surface area contributed by atoms with Crippen molar-refractivity contribution in [3.63, 3.8) is 0 Å². The van der Waals surface area contributed by atoms with Crippen molar-refractivity contribution in [3.05, 3.63) is 44.3 Å². The summed E-state index contributed by atoms with van der Waals surface area (Å²) in [5, 5.41) is 5.57. The monoisotopic (exact) mass is 389 g/mol. The van der Waals surface area contributed by atoms with Gasteiger partial charge in [-0.05, 0) is 36.7 Å². The number of hydrogen-bond donors (Lipinski definition) is 2. The van der Waals surface area contributed by atoms with E-state index in [2.05, 4.69) is 33.2 Å². The Kier molecular flexibility index (Phi) is 7.31. The molecule has 0 fully saturated rings. The first-order chi connectivity index (χ1) is 9.63. The lowest BCUT2D eigenvalue weighted by Gasteiger charge is -2.09. The number of carbonyl (C=O) groups is 1. The van der Waals surface area contributed by atoms with Crippen LogP contribution in [0.3, 0.4) is 0 Å². The zero-order chi connectivity index (χ0) is 14.5. The van der Waals surface area contributed by atoms with Crippen molar-refractivity contribution in [2.45, 2.75) is 19.8 Å². The van der Waals surface area contributed by atoms with Gasteiger partial charge in [-0.1, -0.05) is 22.9 Å². The molecule has 1 heterocycles. The van der Waals surface area contributed by atoms with Gasteiger partial charge in [0, 0.05) is 22.0 Å². The number of anilines is 1. The summed E-state index contributed by atoms with van der Waals surface area (Å²) in [6.07, 6.45) is 1.56. The SMILES string of the molecule is CCc1cc(Br)ccc1NC(=O)c1csc(CCN)n1.Cl. The second-order valence-electron chi connectivity index (χ2n) is 4.27. The Morgan fingerprint density at radius 3 is 2.90 bits per heavy atom. The second-order valence-corrected chi connectivity index (χ2v) is 6.13. The number of aromatic nitrogens is 1. The molecule has 1 amide bonds. The smallest absolute Gasteiger partial charge is 0.275 e. The summed E-state index contributed by atoms with van der Waals surface area (Å²) in [5.74, 6) is -0.179. The van der Waals surface area contributed by atoms with Gasteiger partial charge in [0.15, 0.2) is 0 Å². The quantitative estimate of drug-likeness (QED) is 0.819. The Morgan fingerprint density at radius 1 is 1.48 bits per heavy atom. The third-order valence-electron chi connectivity index (χ3n) is 2.84. The van der Waals surface area contributed by atoms with Crippen LogP contribution in [0, 0.1) is 0 Å². The van der Waals surface area contributed by atoms with Crippen molar-refractivity contribution in [2.24, 2.45) is 5.73 Å². The van der Waals surface area contributed by atoms with E-state index in [4.69, 9.17) is 5.73 Å². The fourth-order valence-electron chi connectivity index (χ4n) is 1.82. The van der Waals surface area contributed by atoms with Gasteiger partial charge in [0.2, 0.25) is 0 Å². The van der Waals surface area contributed by atoms with Crippen molar-refractivity contribution in [1.29, 1.82) is 0 Å². The molecule has 0 aliphatic carbocycles. The zero-order valence-electron chi connectivity index (χ0n) is 11.6. The fraction of sp³-hybridized carbons (Fsp3) is 0.286. The molecule has 2 aromatic rings. The van der Waals surface area contributed by atoms with Gasteiger partial charge in [-0.2, -0.15) is 0 Å². The van der Waals surface area contributed by atoms with Gasteiger partial charge in [0.05, 0.1) is 5.01 Å². The largest absolute Gasteiger partial charge is 0.330 e. The average Bonchev–Trinajstić information content (AvgIpc) is 2.90. The molecule has 0 aliphatic heterocycles. The van der Waals surface area contributed by atoms with Crippen LogP contribution in [0.5, 0.6) is 0 Å². The molecule has 7 heteroatoms. The van der Waals surface area contributed by atoms with E-state index >= 15 is 0 Å². The highest BCUT2D eigenvalue weighted by atomic mass is 79.9.